The van der Waals surface area contributed by atoms with E-state index in [2.05, 4.69) is 11.8 Å². The van der Waals surface area contributed by atoms with Crippen LogP contribution in [0.3, 0.4) is 0 Å². The molecule has 19 heavy (non-hydrogen) atoms. The second-order valence-corrected chi connectivity index (χ2v) is 7.05. The van der Waals surface area contributed by atoms with Gasteiger partial charge in [-0.15, -0.1) is 11.3 Å². The summed E-state index contributed by atoms with van der Waals surface area (Å²) in [4.78, 5) is 8.17. The lowest BCUT2D eigenvalue weighted by atomic mass is 9.99. The van der Waals surface area contributed by atoms with E-state index in [-0.39, 0.29) is 5.84 Å². The molecular formula is C14H22N4S. The number of nitrogens with two attached hydrogens (primary N) is 1. The van der Waals surface area contributed by atoms with E-state index < -0.39 is 0 Å². The first-order chi connectivity index (χ1) is 9.13. The van der Waals surface area contributed by atoms with E-state index in [9.17, 15) is 0 Å². The fourth-order valence-corrected chi connectivity index (χ4v) is 3.74. The number of nitrogens with zero attached hydrogens (tertiary/aromatic N) is 2. The van der Waals surface area contributed by atoms with Crippen molar-refractivity contribution in [1.82, 2.24) is 9.88 Å². The summed E-state index contributed by atoms with van der Waals surface area (Å²) >= 11 is 1.63. The van der Waals surface area contributed by atoms with Crippen molar-refractivity contribution in [3.63, 3.8) is 0 Å². The molecule has 2 fully saturated rings. The molecule has 0 bridgehead atoms. The number of thiazole rings is 1. The molecule has 0 atom stereocenters. The van der Waals surface area contributed by atoms with Gasteiger partial charge in [-0.1, -0.05) is 6.92 Å². The molecule has 0 amide bonds. The van der Waals surface area contributed by atoms with Crippen LogP contribution in [-0.2, 0) is 6.54 Å². The Hall–Kier alpha value is -0.940. The van der Waals surface area contributed by atoms with Crippen LogP contribution in [0.4, 0.5) is 0 Å². The minimum absolute atomic E-state index is 0.193. The molecular weight excluding hydrogens is 256 g/mol. The number of nitrogen functional groups attached to an aromatic ring is 1. The molecule has 0 spiro atoms. The zero-order valence-corrected chi connectivity index (χ0v) is 12.3. The second-order valence-electron chi connectivity index (χ2n) is 5.97. The minimum Gasteiger partial charge on any atom is -0.383 e. The van der Waals surface area contributed by atoms with Gasteiger partial charge in [0.1, 0.15) is 10.8 Å². The Morgan fingerprint density at radius 1 is 1.37 bits per heavy atom. The highest BCUT2D eigenvalue weighted by Gasteiger charge is 2.31. The number of rotatable bonds is 4. The number of aromatic nitrogens is 1. The summed E-state index contributed by atoms with van der Waals surface area (Å²) in [5.41, 5.74) is 6.78. The topological polar surface area (TPSA) is 66.0 Å². The van der Waals surface area contributed by atoms with E-state index in [0.29, 0.717) is 5.92 Å². The highest BCUT2D eigenvalue weighted by Crippen LogP contribution is 2.42. The normalized spacial score (nSPS) is 21.7. The van der Waals surface area contributed by atoms with Crippen LogP contribution < -0.4 is 5.73 Å². The highest BCUT2D eigenvalue weighted by molar-refractivity contribution is 7.13. The van der Waals surface area contributed by atoms with Crippen LogP contribution in [0.2, 0.25) is 0 Å². The number of likely N-dealkylation sites (tertiary alicyclic amines) is 1. The maximum Gasteiger partial charge on any atom is 0.135 e. The van der Waals surface area contributed by atoms with Crippen molar-refractivity contribution in [3.8, 4) is 0 Å². The van der Waals surface area contributed by atoms with E-state index in [0.717, 1.165) is 28.0 Å². The minimum atomic E-state index is 0.193. The van der Waals surface area contributed by atoms with Gasteiger partial charge in [-0.3, -0.25) is 10.3 Å². The number of hydrogen-bond acceptors (Lipinski definition) is 4. The number of hydrogen-bond donors (Lipinski definition) is 2. The number of nitrogens with one attached hydrogen (secondary N) is 1. The quantitative estimate of drug-likeness (QED) is 0.657. The first-order valence-electron chi connectivity index (χ1n) is 7.20. The van der Waals surface area contributed by atoms with Crippen molar-refractivity contribution in [2.45, 2.75) is 45.1 Å². The highest BCUT2D eigenvalue weighted by atomic mass is 32.1. The molecule has 3 rings (SSSR count). The molecule has 0 aromatic carbocycles. The van der Waals surface area contributed by atoms with Crippen LogP contribution in [0.15, 0.2) is 0 Å². The summed E-state index contributed by atoms with van der Waals surface area (Å²) in [5.74, 6) is 1.63. The molecule has 0 radical (unpaired) electrons. The molecule has 2 heterocycles. The van der Waals surface area contributed by atoms with Gasteiger partial charge in [0.2, 0.25) is 0 Å². The smallest absolute Gasteiger partial charge is 0.135 e. The summed E-state index contributed by atoms with van der Waals surface area (Å²) in [5, 5.41) is 8.83. The molecule has 5 heteroatoms. The lowest BCUT2D eigenvalue weighted by Gasteiger charge is -2.29. The largest absolute Gasteiger partial charge is 0.383 e. The Bertz CT molecular complexity index is 470. The Labute approximate surface area is 118 Å². The maximum atomic E-state index is 7.69. The Morgan fingerprint density at radius 3 is 2.63 bits per heavy atom. The fourth-order valence-electron chi connectivity index (χ4n) is 2.68. The molecule has 1 aliphatic heterocycles. The van der Waals surface area contributed by atoms with Gasteiger partial charge in [-0.05, 0) is 44.7 Å². The van der Waals surface area contributed by atoms with Gasteiger partial charge < -0.3 is 5.73 Å². The SMILES string of the molecule is CC1CCN(Cc2nc(C3CC3)c(C(=N)N)s2)CC1. The van der Waals surface area contributed by atoms with Crippen molar-refractivity contribution in [3.05, 3.63) is 15.6 Å². The predicted molar refractivity (Wildman–Crippen MR) is 78.8 cm³/mol. The van der Waals surface area contributed by atoms with Gasteiger partial charge in [0.15, 0.2) is 0 Å². The van der Waals surface area contributed by atoms with Crippen LogP contribution in [0, 0.1) is 11.3 Å². The Morgan fingerprint density at radius 2 is 2.05 bits per heavy atom. The Balaban J connectivity index is 1.70. The lowest BCUT2D eigenvalue weighted by molar-refractivity contribution is 0.185. The van der Waals surface area contributed by atoms with Gasteiger partial charge >= 0.3 is 0 Å². The standard InChI is InChI=1S/C14H22N4S/c1-9-4-6-18(7-5-9)8-11-17-12(10-2-3-10)13(19-11)14(15)16/h9-10H,2-8H2,1H3,(H3,15,16). The Kier molecular flexibility index (Phi) is 3.58. The van der Waals surface area contributed by atoms with Gasteiger partial charge in [0.25, 0.3) is 0 Å². The van der Waals surface area contributed by atoms with Crippen molar-refractivity contribution < 1.29 is 0 Å². The molecule has 104 valence electrons. The van der Waals surface area contributed by atoms with E-state index in [1.807, 2.05) is 0 Å². The molecule has 1 aromatic heterocycles. The summed E-state index contributed by atoms with van der Waals surface area (Å²) in [7, 11) is 0. The monoisotopic (exact) mass is 278 g/mol. The van der Waals surface area contributed by atoms with Crippen LogP contribution in [0.25, 0.3) is 0 Å². The van der Waals surface area contributed by atoms with Crippen molar-refractivity contribution >= 4 is 17.2 Å². The van der Waals surface area contributed by atoms with Gasteiger partial charge in [-0.2, -0.15) is 0 Å². The molecule has 4 nitrogen and oxygen atoms in total. The van der Waals surface area contributed by atoms with Gasteiger partial charge in [0.05, 0.1) is 17.1 Å². The third-order valence-corrected chi connectivity index (χ3v) is 5.23. The van der Waals surface area contributed by atoms with E-state index in [1.165, 1.54) is 38.8 Å². The lowest BCUT2D eigenvalue weighted by Crippen LogP contribution is -2.32. The first-order valence-corrected chi connectivity index (χ1v) is 8.01. The first kappa shape index (κ1) is 13.1. The van der Waals surface area contributed by atoms with E-state index in [1.54, 1.807) is 11.3 Å². The zero-order valence-electron chi connectivity index (χ0n) is 11.5. The molecule has 1 saturated heterocycles. The number of amidine groups is 1. The van der Waals surface area contributed by atoms with Crippen LogP contribution >= 0.6 is 11.3 Å². The van der Waals surface area contributed by atoms with Crippen LogP contribution in [0.5, 0.6) is 0 Å². The predicted octanol–water partition coefficient (Wildman–Crippen LogP) is 2.54. The summed E-state index contributed by atoms with van der Waals surface area (Å²) in [6, 6.07) is 0. The summed E-state index contributed by atoms with van der Waals surface area (Å²) < 4.78 is 0. The van der Waals surface area contributed by atoms with Gasteiger partial charge in [0, 0.05) is 5.92 Å². The number of piperidine rings is 1. The third kappa shape index (κ3) is 2.98. The second kappa shape index (κ2) is 5.21. The average Bonchev–Trinajstić information content (AvgIpc) is 3.13. The maximum absolute atomic E-state index is 7.69. The molecule has 1 saturated carbocycles. The third-order valence-electron chi connectivity index (χ3n) is 4.14. The fraction of sp³-hybridized carbons (Fsp3) is 0.714. The summed E-state index contributed by atoms with van der Waals surface area (Å²) in [6.07, 6.45) is 5.01. The average molecular weight is 278 g/mol. The molecule has 3 N–H and O–H groups in total. The zero-order chi connectivity index (χ0) is 13.4. The van der Waals surface area contributed by atoms with Crippen LogP contribution in [-0.4, -0.2) is 28.8 Å². The van der Waals surface area contributed by atoms with Gasteiger partial charge in [-0.25, -0.2) is 4.98 Å². The molecule has 2 aliphatic rings. The van der Waals surface area contributed by atoms with Crippen molar-refractivity contribution in [1.29, 1.82) is 5.41 Å². The van der Waals surface area contributed by atoms with E-state index >= 15 is 0 Å². The van der Waals surface area contributed by atoms with Crippen molar-refractivity contribution in [2.24, 2.45) is 11.7 Å². The summed E-state index contributed by atoms with van der Waals surface area (Å²) in [6.45, 7) is 5.62. The van der Waals surface area contributed by atoms with Crippen LogP contribution in [0.1, 0.15) is 54.1 Å². The molecule has 1 aromatic rings. The molecule has 0 unspecified atom stereocenters. The van der Waals surface area contributed by atoms with Crippen molar-refractivity contribution in [2.75, 3.05) is 13.1 Å². The molecule has 1 aliphatic carbocycles. The van der Waals surface area contributed by atoms with E-state index in [4.69, 9.17) is 16.1 Å².